The second-order valence-electron chi connectivity index (χ2n) is 12.8. The van der Waals surface area contributed by atoms with E-state index in [0.717, 1.165) is 51.6 Å². The molecule has 4 atom stereocenters. The van der Waals surface area contributed by atoms with Crippen LogP contribution in [0.15, 0.2) is 35.0 Å². The van der Waals surface area contributed by atoms with Crippen molar-refractivity contribution in [3.8, 4) is 0 Å². The quantitative estimate of drug-likeness (QED) is 0.187. The molecule has 0 aliphatic heterocycles. The first-order valence-electron chi connectivity index (χ1n) is 15.2. The third-order valence-electron chi connectivity index (χ3n) is 8.62. The van der Waals surface area contributed by atoms with Crippen LogP contribution in [0.5, 0.6) is 0 Å². The van der Waals surface area contributed by atoms with Gasteiger partial charge in [0, 0.05) is 25.6 Å². The summed E-state index contributed by atoms with van der Waals surface area (Å²) in [5, 5.41) is 15.4. The minimum atomic E-state index is -1.74. The van der Waals surface area contributed by atoms with Crippen molar-refractivity contribution < 1.29 is 24.2 Å². The molecular weight excluding hydrogens is 556 g/mol. The summed E-state index contributed by atoms with van der Waals surface area (Å²) in [6, 6.07) is 7.77. The van der Waals surface area contributed by atoms with E-state index >= 15 is 0 Å². The van der Waals surface area contributed by atoms with E-state index in [0.29, 0.717) is 27.6 Å². The van der Waals surface area contributed by atoms with Gasteiger partial charge in [0.25, 0.3) is 0 Å². The molecule has 2 aromatic rings. The van der Waals surface area contributed by atoms with Crippen LogP contribution in [0.4, 0.5) is 4.79 Å². The van der Waals surface area contributed by atoms with E-state index in [1.807, 2.05) is 55.8 Å². The van der Waals surface area contributed by atoms with Gasteiger partial charge in [0.1, 0.15) is 11.7 Å². The number of aliphatic hydroxyl groups is 1. The lowest BCUT2D eigenvalue weighted by atomic mass is 9.94. The lowest BCUT2D eigenvalue weighted by Gasteiger charge is -2.32. The predicted octanol–water partition coefficient (Wildman–Crippen LogP) is 6.90. The molecular formula is C32H48N2O5S2. The maximum absolute atomic E-state index is 13.6. The van der Waals surface area contributed by atoms with E-state index in [2.05, 4.69) is 11.9 Å². The number of carbonyl (C=O) groups is 2. The van der Waals surface area contributed by atoms with E-state index in [1.54, 1.807) is 11.9 Å². The van der Waals surface area contributed by atoms with Gasteiger partial charge in [-0.05, 0) is 95.3 Å². The van der Waals surface area contributed by atoms with Gasteiger partial charge in [0.05, 0.1) is 9.75 Å². The van der Waals surface area contributed by atoms with Gasteiger partial charge in [-0.25, -0.2) is 9.59 Å². The van der Waals surface area contributed by atoms with Gasteiger partial charge < -0.3 is 24.4 Å². The molecule has 2 heterocycles. The summed E-state index contributed by atoms with van der Waals surface area (Å²) in [7, 11) is 4.02. The maximum Gasteiger partial charge on any atom is 0.410 e. The molecule has 2 aromatic heterocycles. The van der Waals surface area contributed by atoms with Crippen LogP contribution in [-0.2, 0) is 19.9 Å². The standard InChI is InChI=1S/C32H48N2O5S2/c1-31(2,3)39-30(36)34(5)19-11-9-7-6-8-10-18-33(4)25-22-23-16-17-24(25)28(23)38-29(35)32(37,26-14-12-20-40-26)27-15-13-21-41-27/h12-15,20-21,23-25,28,37H,6-11,16-19,22H2,1-5H3. The van der Waals surface area contributed by atoms with Crippen molar-refractivity contribution in [2.24, 2.45) is 11.8 Å². The normalized spacial score (nSPS) is 22.3. The number of hydrogen-bond donors (Lipinski definition) is 1. The molecule has 0 radical (unpaired) electrons. The summed E-state index contributed by atoms with van der Waals surface area (Å²) in [6.07, 6.45) is 9.68. The fourth-order valence-corrected chi connectivity index (χ4v) is 8.15. The Morgan fingerprint density at radius 3 is 2.07 bits per heavy atom. The second kappa shape index (κ2) is 14.0. The molecule has 2 fully saturated rings. The second-order valence-corrected chi connectivity index (χ2v) is 14.7. The Bertz CT molecular complexity index is 1060. The molecule has 2 bridgehead atoms. The number of amides is 1. The number of fused-ring (bicyclic) bond motifs is 2. The van der Waals surface area contributed by atoms with Crippen LogP contribution in [0.1, 0.15) is 88.3 Å². The molecule has 9 heteroatoms. The molecule has 1 N–H and O–H groups in total. The van der Waals surface area contributed by atoms with Crippen LogP contribution in [0.25, 0.3) is 0 Å². The zero-order chi connectivity index (χ0) is 29.6. The van der Waals surface area contributed by atoms with E-state index in [4.69, 9.17) is 9.47 Å². The van der Waals surface area contributed by atoms with E-state index in [1.165, 1.54) is 41.9 Å². The number of thiophene rings is 2. The van der Waals surface area contributed by atoms with Crippen molar-refractivity contribution in [2.75, 3.05) is 27.2 Å². The first-order chi connectivity index (χ1) is 19.5. The highest BCUT2D eigenvalue weighted by molar-refractivity contribution is 7.12. The number of rotatable bonds is 14. The van der Waals surface area contributed by atoms with Crippen molar-refractivity contribution in [2.45, 2.75) is 102 Å². The highest BCUT2D eigenvalue weighted by Crippen LogP contribution is 2.49. The van der Waals surface area contributed by atoms with Crippen LogP contribution in [0.2, 0.25) is 0 Å². The summed E-state index contributed by atoms with van der Waals surface area (Å²) in [5.41, 5.74) is -2.20. The van der Waals surface area contributed by atoms with Gasteiger partial charge in [-0.15, -0.1) is 22.7 Å². The third kappa shape index (κ3) is 7.92. The largest absolute Gasteiger partial charge is 0.459 e. The molecule has 228 valence electrons. The SMILES string of the molecule is CN(CCCCCCCCN(C)C1CC2CCC1C2OC(=O)C(O)(c1cccs1)c1cccs1)C(=O)OC(C)(C)C. The first kappa shape index (κ1) is 32.0. The molecule has 2 aliphatic carbocycles. The van der Waals surface area contributed by atoms with Crippen LogP contribution in [0.3, 0.4) is 0 Å². The smallest absolute Gasteiger partial charge is 0.410 e. The number of nitrogens with zero attached hydrogens (tertiary/aromatic N) is 2. The van der Waals surface area contributed by atoms with E-state index in [-0.39, 0.29) is 12.2 Å². The van der Waals surface area contributed by atoms with Crippen LogP contribution < -0.4 is 0 Å². The number of ether oxygens (including phenoxy) is 2. The Labute approximate surface area is 253 Å². The first-order valence-corrected chi connectivity index (χ1v) is 16.9. The van der Waals surface area contributed by atoms with Gasteiger partial charge in [0.2, 0.25) is 5.60 Å². The molecule has 41 heavy (non-hydrogen) atoms. The molecule has 2 saturated carbocycles. The topological polar surface area (TPSA) is 79.3 Å². The van der Waals surface area contributed by atoms with Crippen LogP contribution in [-0.4, -0.2) is 71.9 Å². The summed E-state index contributed by atoms with van der Waals surface area (Å²) in [6.45, 7) is 7.44. The highest BCUT2D eigenvalue weighted by atomic mass is 32.1. The maximum atomic E-state index is 13.6. The van der Waals surface area contributed by atoms with Crippen molar-refractivity contribution >= 4 is 34.7 Å². The molecule has 0 saturated heterocycles. The van der Waals surface area contributed by atoms with Gasteiger partial charge >= 0.3 is 12.1 Å². The molecule has 0 aromatic carbocycles. The Hall–Kier alpha value is -1.94. The number of carbonyl (C=O) groups excluding carboxylic acids is 2. The zero-order valence-corrected chi connectivity index (χ0v) is 27.0. The molecule has 4 rings (SSSR count). The minimum absolute atomic E-state index is 0.125. The van der Waals surface area contributed by atoms with Gasteiger partial charge in [-0.3, -0.25) is 0 Å². The number of unbranched alkanes of at least 4 members (excludes halogenated alkanes) is 5. The Morgan fingerprint density at radius 1 is 0.927 bits per heavy atom. The average molecular weight is 605 g/mol. The average Bonchev–Trinajstić information content (AvgIpc) is 3.74. The Balaban J connectivity index is 1.17. The van der Waals surface area contributed by atoms with Crippen LogP contribution in [0, 0.1) is 11.8 Å². The molecule has 7 nitrogen and oxygen atoms in total. The molecule has 0 spiro atoms. The van der Waals surface area contributed by atoms with Crippen LogP contribution >= 0.6 is 22.7 Å². The summed E-state index contributed by atoms with van der Waals surface area (Å²) >= 11 is 2.77. The predicted molar refractivity (Wildman–Crippen MR) is 165 cm³/mol. The van der Waals surface area contributed by atoms with Crippen molar-refractivity contribution in [1.29, 1.82) is 0 Å². The summed E-state index contributed by atoms with van der Waals surface area (Å²) in [5.74, 6) is 0.155. The van der Waals surface area contributed by atoms with Crippen molar-refractivity contribution in [1.82, 2.24) is 9.80 Å². The monoisotopic (exact) mass is 604 g/mol. The van der Waals surface area contributed by atoms with Gasteiger partial charge in [0.15, 0.2) is 0 Å². The molecule has 1 amide bonds. The van der Waals surface area contributed by atoms with Gasteiger partial charge in [-0.2, -0.15) is 0 Å². The van der Waals surface area contributed by atoms with Crippen molar-refractivity contribution in [3.63, 3.8) is 0 Å². The minimum Gasteiger partial charge on any atom is -0.459 e. The molecule has 2 aliphatic rings. The third-order valence-corrected chi connectivity index (χ3v) is 10.6. The zero-order valence-electron chi connectivity index (χ0n) is 25.3. The lowest BCUT2D eigenvalue weighted by Crippen LogP contribution is -2.42. The fraction of sp³-hybridized carbons (Fsp3) is 0.688. The number of esters is 1. The lowest BCUT2D eigenvalue weighted by molar-refractivity contribution is -0.170. The Kier molecular flexibility index (Phi) is 10.9. The van der Waals surface area contributed by atoms with E-state index in [9.17, 15) is 14.7 Å². The Morgan fingerprint density at radius 2 is 1.51 bits per heavy atom. The van der Waals surface area contributed by atoms with E-state index < -0.39 is 17.2 Å². The highest BCUT2D eigenvalue weighted by Gasteiger charge is 2.54. The summed E-state index contributed by atoms with van der Waals surface area (Å²) < 4.78 is 11.6. The molecule has 4 unspecified atom stereocenters. The summed E-state index contributed by atoms with van der Waals surface area (Å²) in [4.78, 5) is 31.0. The van der Waals surface area contributed by atoms with Gasteiger partial charge in [-0.1, -0.05) is 37.8 Å². The van der Waals surface area contributed by atoms with Crippen molar-refractivity contribution in [3.05, 3.63) is 44.8 Å². The fourth-order valence-electron chi connectivity index (χ4n) is 6.44. The number of hydrogen-bond acceptors (Lipinski definition) is 8.